The summed E-state index contributed by atoms with van der Waals surface area (Å²) in [6.45, 7) is 4.63. The van der Waals surface area contributed by atoms with Crippen LogP contribution < -0.4 is 0 Å². The summed E-state index contributed by atoms with van der Waals surface area (Å²) in [7, 11) is 0. The van der Waals surface area contributed by atoms with Crippen LogP contribution in [0, 0.1) is 21.4 Å². The van der Waals surface area contributed by atoms with Crippen molar-refractivity contribution in [1.82, 2.24) is 58.6 Å². The summed E-state index contributed by atoms with van der Waals surface area (Å²) in [4.78, 5) is 57.4. The predicted molar refractivity (Wildman–Crippen MR) is 599 cm³/mol. The molecule has 19 aromatic carbocycles. The summed E-state index contributed by atoms with van der Waals surface area (Å²) in [6.07, 6.45) is 0. The van der Waals surface area contributed by atoms with Crippen molar-refractivity contribution in [2.45, 2.75) is 19.3 Å². The van der Waals surface area contributed by atoms with E-state index in [1.54, 1.807) is 52.2 Å². The number of hydrogen-bond donors (Lipinski definition) is 0. The van der Waals surface area contributed by atoms with Gasteiger partial charge in [0.25, 0.3) is 5.69 Å². The van der Waals surface area contributed by atoms with Crippen LogP contribution in [-0.2, 0) is 5.41 Å². The van der Waals surface area contributed by atoms with E-state index in [0.29, 0.717) is 63.5 Å². The third-order valence-corrected chi connectivity index (χ3v) is 31.7. The standard InChI is InChI=1S/C48H32N4S.C40H23N5S.C39H23N5O2S/c1-48(2)39-23-10-6-17-31(39)35-21-14-22-36(43(35)48)46-49-45(29-15-4-3-5-16-29)50-47(51-46)38-28-30(27-37-34-20-9-13-26-42(34)53-44(37)38)52-40-24-11-7-18-32(40)33-19-8-12-25-41(33)52;41-24-25-11-10-14-27(21-25)39-42-38(26-12-2-1-3-13-26)43-40(44-39)33-23-28(22-32-31-17-6-9-20-36(31)46-37(32)33)45-34-18-7-4-15-29(34)30-16-5-8-19-35(30)45;45-44(46)26-14-10-13-25(21-26)38-40-37(24-11-2-1-3-12-24)41-39(42-38)32-23-27(22-31-30-17-6-9-20-35(30)47-36(31)32)43-33-18-7-4-15-28(33)29-16-5-8-19-34(29)43/h3-28H,1-2H3;1-23H;1-23H. The fraction of sp³-hybridized carbons (Fsp3) is 0.0236. The molecule has 0 N–H and O–H groups in total. The largest absolute Gasteiger partial charge is 0.309 e. The minimum absolute atomic E-state index is 0.0222. The summed E-state index contributed by atoms with van der Waals surface area (Å²) in [5, 5.41) is 35.6. The minimum atomic E-state index is -0.403. The quantitative estimate of drug-likeness (QED) is 0.0783. The van der Waals surface area contributed by atoms with Gasteiger partial charge in [0, 0.05) is 178 Å². The second kappa shape index (κ2) is 35.1. The van der Waals surface area contributed by atoms with Crippen molar-refractivity contribution in [3.8, 4) is 137 Å². The summed E-state index contributed by atoms with van der Waals surface area (Å²) in [6, 6.07) is 152. The Morgan fingerprint density at radius 3 is 0.897 bits per heavy atom. The number of nitriles is 1. The van der Waals surface area contributed by atoms with E-state index < -0.39 is 4.92 Å². The number of nitrogens with zero attached hydrogens (tertiary/aromatic N) is 14. The van der Waals surface area contributed by atoms with E-state index in [9.17, 15) is 15.4 Å². The summed E-state index contributed by atoms with van der Waals surface area (Å²) in [5.41, 5.74) is 23.2. The Morgan fingerprint density at radius 1 is 0.253 bits per heavy atom. The van der Waals surface area contributed by atoms with Crippen molar-refractivity contribution in [2.24, 2.45) is 0 Å². The molecular weight excluding hydrogens is 1850 g/mol. The predicted octanol–water partition coefficient (Wildman–Crippen LogP) is 33.1. The van der Waals surface area contributed by atoms with Crippen molar-refractivity contribution in [3.63, 3.8) is 0 Å². The number of nitro groups is 1. The van der Waals surface area contributed by atoms with E-state index in [2.05, 4.69) is 343 Å². The number of benzene rings is 19. The lowest BCUT2D eigenvalue weighted by Gasteiger charge is -2.24. The smallest absolute Gasteiger partial charge is 0.270 e. The Labute approximate surface area is 847 Å². The Balaban J connectivity index is 0.000000109. The zero-order valence-electron chi connectivity index (χ0n) is 78.4. The number of hydrogen-bond acceptors (Lipinski definition) is 15. The monoisotopic (exact) mass is 1930 g/mol. The molecule has 28 aromatic rings. The molecule has 0 saturated heterocycles. The average molecular weight is 1930 g/mol. The number of nitro benzene ring substituents is 1. The van der Waals surface area contributed by atoms with Crippen molar-refractivity contribution in [3.05, 3.63) is 464 Å². The van der Waals surface area contributed by atoms with E-state index in [-0.39, 0.29) is 11.1 Å². The van der Waals surface area contributed by atoms with Crippen LogP contribution >= 0.6 is 34.0 Å². The Morgan fingerprint density at radius 2 is 0.527 bits per heavy atom. The first kappa shape index (κ1) is 86.3. The lowest BCUT2D eigenvalue weighted by molar-refractivity contribution is -0.384. The van der Waals surface area contributed by atoms with Crippen molar-refractivity contribution < 1.29 is 4.92 Å². The van der Waals surface area contributed by atoms with Gasteiger partial charge in [-0.05, 0) is 125 Å². The van der Waals surface area contributed by atoms with Gasteiger partial charge in [-0.15, -0.1) is 34.0 Å². The summed E-state index contributed by atoms with van der Waals surface area (Å²) >= 11 is 5.26. The zero-order valence-corrected chi connectivity index (χ0v) is 80.8. The van der Waals surface area contributed by atoms with Gasteiger partial charge in [0.05, 0.1) is 49.7 Å². The maximum Gasteiger partial charge on any atom is 0.270 e. The SMILES string of the molecule is CC1(C)c2ccccc2-c2cccc(-c3nc(-c4ccccc4)nc(-c4cc(-n5c6ccccc6c6ccccc65)cc5c4sc4ccccc45)n3)c21.N#Cc1cccc(-c2nc(-c3ccccc3)nc(-c3cc(-n4c5ccccc5c5ccccc54)cc4c3sc3ccccc34)n2)c1.O=[N+]([O-])c1cccc(-c2nc(-c3ccccc3)nc(-c3cc(-n4c5ccccc5c5ccccc54)cc4c3sc3ccccc34)n2)c1. The number of aromatic nitrogens is 12. The topological polar surface area (TPSA) is 198 Å². The highest BCUT2D eigenvalue weighted by molar-refractivity contribution is 7.27. The second-order valence-electron chi connectivity index (χ2n) is 36.9. The normalized spacial score (nSPS) is 12.1. The molecule has 0 spiro atoms. The highest BCUT2D eigenvalue weighted by Crippen LogP contribution is 2.54. The molecule has 0 aliphatic heterocycles. The van der Waals surface area contributed by atoms with Gasteiger partial charge in [-0.3, -0.25) is 10.1 Å². The molecule has 0 radical (unpaired) electrons. The Kier molecular flexibility index (Phi) is 20.8. The molecule has 686 valence electrons. The molecule has 0 saturated carbocycles. The molecule has 0 amide bonds. The first-order valence-electron chi connectivity index (χ1n) is 48.2. The average Bonchev–Trinajstić information content (AvgIpc) is 1.56. The lowest BCUT2D eigenvalue weighted by atomic mass is 9.80. The first-order valence-corrected chi connectivity index (χ1v) is 50.6. The number of para-hydroxylation sites is 6. The summed E-state index contributed by atoms with van der Waals surface area (Å²) in [5.74, 6) is 5.07. The molecule has 9 heterocycles. The van der Waals surface area contributed by atoms with Crippen LogP contribution in [0.15, 0.2) is 437 Å². The number of thiophene rings is 3. The minimum Gasteiger partial charge on any atom is -0.309 e. The van der Waals surface area contributed by atoms with Crippen LogP contribution in [0.25, 0.3) is 257 Å². The highest BCUT2D eigenvalue weighted by Gasteiger charge is 2.39. The number of rotatable bonds is 13. The van der Waals surface area contributed by atoms with Gasteiger partial charge in [0.2, 0.25) is 0 Å². The van der Waals surface area contributed by atoms with Crippen molar-refractivity contribution in [1.29, 1.82) is 5.26 Å². The van der Waals surface area contributed by atoms with Crippen molar-refractivity contribution in [2.75, 3.05) is 0 Å². The lowest BCUT2D eigenvalue weighted by Crippen LogP contribution is -2.17. The molecule has 0 unspecified atom stereocenters. The molecule has 29 rings (SSSR count). The van der Waals surface area contributed by atoms with Crippen LogP contribution in [-0.4, -0.2) is 63.5 Å². The molecule has 1 aliphatic carbocycles. The van der Waals surface area contributed by atoms with Gasteiger partial charge in [0.1, 0.15) is 0 Å². The molecule has 146 heavy (non-hydrogen) atoms. The maximum absolute atomic E-state index is 11.7. The Bertz CT molecular complexity index is 10100. The van der Waals surface area contributed by atoms with Gasteiger partial charge in [-0.25, -0.2) is 44.9 Å². The van der Waals surface area contributed by atoms with Crippen LogP contribution in [0.3, 0.4) is 0 Å². The van der Waals surface area contributed by atoms with E-state index in [4.69, 9.17) is 44.9 Å². The van der Waals surface area contributed by atoms with Gasteiger partial charge in [-0.2, -0.15) is 5.26 Å². The third kappa shape index (κ3) is 14.6. The van der Waals surface area contributed by atoms with Gasteiger partial charge >= 0.3 is 0 Å². The van der Waals surface area contributed by atoms with Crippen LogP contribution in [0.5, 0.6) is 0 Å². The first-order chi connectivity index (χ1) is 71.9. The molecule has 0 fully saturated rings. The van der Waals surface area contributed by atoms with Crippen LogP contribution in [0.1, 0.15) is 30.5 Å². The molecule has 16 nitrogen and oxygen atoms in total. The van der Waals surface area contributed by atoms with Gasteiger partial charge in [-0.1, -0.05) is 335 Å². The van der Waals surface area contributed by atoms with E-state index in [0.717, 1.165) is 114 Å². The fourth-order valence-electron chi connectivity index (χ4n) is 21.5. The van der Waals surface area contributed by atoms with Gasteiger partial charge < -0.3 is 13.7 Å². The van der Waals surface area contributed by atoms with E-state index >= 15 is 0 Å². The molecular formula is C127H78N14O2S3. The highest BCUT2D eigenvalue weighted by atomic mass is 32.1. The van der Waals surface area contributed by atoms with Crippen LogP contribution in [0.4, 0.5) is 5.69 Å². The Hall–Kier alpha value is -18.8. The zero-order chi connectivity index (χ0) is 97.4. The van der Waals surface area contributed by atoms with E-state index in [1.807, 2.05) is 97.1 Å². The molecule has 0 bridgehead atoms. The molecule has 0 atom stereocenters. The third-order valence-electron chi connectivity index (χ3n) is 28.0. The van der Waals surface area contributed by atoms with Gasteiger partial charge in [0.15, 0.2) is 52.4 Å². The molecule has 19 heteroatoms. The molecule has 9 aromatic heterocycles. The molecule has 1 aliphatic rings. The second-order valence-corrected chi connectivity index (χ2v) is 40.1. The fourth-order valence-corrected chi connectivity index (χ4v) is 25.0. The van der Waals surface area contributed by atoms with Crippen molar-refractivity contribution >= 4 is 166 Å². The van der Waals surface area contributed by atoms with Crippen LogP contribution in [0.2, 0.25) is 0 Å². The summed E-state index contributed by atoms with van der Waals surface area (Å²) < 4.78 is 14.0. The number of non-ortho nitro benzene ring substituents is 1. The maximum atomic E-state index is 11.7. The van der Waals surface area contributed by atoms with E-state index in [1.165, 1.54) is 108 Å². The number of fused-ring (bicyclic) bond motifs is 21.